The Bertz CT molecular complexity index is 1500. The highest BCUT2D eigenvalue weighted by molar-refractivity contribution is 5.89. The maximum Gasteiger partial charge on any atom is 0.336 e. The molecule has 0 fully saturated rings. The van der Waals surface area contributed by atoms with Crippen molar-refractivity contribution in [3.05, 3.63) is 82.5 Å². The van der Waals surface area contributed by atoms with Gasteiger partial charge in [-0.2, -0.15) is 0 Å². The molecule has 1 aromatic heterocycles. The van der Waals surface area contributed by atoms with Crippen LogP contribution in [0.4, 0.5) is 0 Å². The number of hydrogen-bond donors (Lipinski definition) is 0. The van der Waals surface area contributed by atoms with Crippen molar-refractivity contribution in [2.75, 3.05) is 28.4 Å². The fourth-order valence-electron chi connectivity index (χ4n) is 3.60. The maximum absolute atomic E-state index is 12.7. The Kier molecular flexibility index (Phi) is 7.25. The quantitative estimate of drug-likeness (QED) is 0.192. The van der Waals surface area contributed by atoms with Gasteiger partial charge in [0.15, 0.2) is 28.4 Å². The van der Waals surface area contributed by atoms with Gasteiger partial charge in [0.05, 0.1) is 33.8 Å². The molecule has 0 aliphatic heterocycles. The molecule has 0 amide bonds. The van der Waals surface area contributed by atoms with Gasteiger partial charge in [0.2, 0.25) is 0 Å². The van der Waals surface area contributed by atoms with Gasteiger partial charge in [-0.1, -0.05) is 6.07 Å². The van der Waals surface area contributed by atoms with Gasteiger partial charge < -0.3 is 28.1 Å². The molecule has 3 aromatic carbocycles. The number of esters is 1. The minimum atomic E-state index is -0.595. The smallest absolute Gasteiger partial charge is 0.336 e. The zero-order valence-corrected chi connectivity index (χ0v) is 20.2. The largest absolute Gasteiger partial charge is 0.493 e. The van der Waals surface area contributed by atoms with Gasteiger partial charge in [-0.15, -0.1) is 0 Å². The molecule has 36 heavy (non-hydrogen) atoms. The van der Waals surface area contributed by atoms with E-state index >= 15 is 0 Å². The van der Waals surface area contributed by atoms with Crippen LogP contribution >= 0.6 is 0 Å². The molecule has 0 unspecified atom stereocenters. The van der Waals surface area contributed by atoms with Crippen molar-refractivity contribution in [3.63, 3.8) is 0 Å². The molecule has 0 saturated heterocycles. The predicted octanol–water partition coefficient (Wildman–Crippen LogP) is 5.11. The van der Waals surface area contributed by atoms with Crippen LogP contribution in [0.1, 0.15) is 5.56 Å². The predicted molar refractivity (Wildman–Crippen MR) is 135 cm³/mol. The van der Waals surface area contributed by atoms with Crippen LogP contribution in [0.25, 0.3) is 28.4 Å². The average Bonchev–Trinajstić information content (AvgIpc) is 2.91. The fraction of sp³-hybridized carbons (Fsp3) is 0.143. The summed E-state index contributed by atoms with van der Waals surface area (Å²) in [7, 11) is 6.15. The maximum atomic E-state index is 12.7. The summed E-state index contributed by atoms with van der Waals surface area (Å²) in [5.74, 6) is 2.16. The van der Waals surface area contributed by atoms with E-state index in [-0.39, 0.29) is 16.8 Å². The number of fused-ring (bicyclic) bond motifs is 1. The third-order valence-electron chi connectivity index (χ3n) is 5.41. The second-order valence-corrected chi connectivity index (χ2v) is 7.57. The Morgan fingerprint density at radius 1 is 0.750 bits per heavy atom. The van der Waals surface area contributed by atoms with Crippen LogP contribution in [0.3, 0.4) is 0 Å². The summed E-state index contributed by atoms with van der Waals surface area (Å²) in [5, 5.41) is 0.361. The van der Waals surface area contributed by atoms with Crippen molar-refractivity contribution in [1.29, 1.82) is 0 Å². The second kappa shape index (κ2) is 10.7. The SMILES string of the molecule is COc1ccc(C=CC(=O)Oc2ccc3c(=O)cc(-c4ccc(OC)c(OC)c4)oc3c2)cc1OC. The number of hydrogen-bond acceptors (Lipinski definition) is 8. The molecule has 0 aliphatic carbocycles. The van der Waals surface area contributed by atoms with Gasteiger partial charge in [0, 0.05) is 23.8 Å². The highest BCUT2D eigenvalue weighted by Gasteiger charge is 2.12. The van der Waals surface area contributed by atoms with E-state index in [9.17, 15) is 9.59 Å². The van der Waals surface area contributed by atoms with E-state index < -0.39 is 5.97 Å². The Morgan fingerprint density at radius 3 is 2.11 bits per heavy atom. The number of ether oxygens (including phenoxy) is 5. The number of benzene rings is 3. The van der Waals surface area contributed by atoms with E-state index in [0.717, 1.165) is 5.56 Å². The third-order valence-corrected chi connectivity index (χ3v) is 5.41. The Hall–Kier alpha value is -4.72. The van der Waals surface area contributed by atoms with Gasteiger partial charge in [-0.3, -0.25) is 4.79 Å². The van der Waals surface area contributed by atoms with E-state index in [1.807, 2.05) is 0 Å². The van der Waals surface area contributed by atoms with Crippen LogP contribution in [-0.2, 0) is 4.79 Å². The van der Waals surface area contributed by atoms with Crippen LogP contribution < -0.4 is 29.1 Å². The van der Waals surface area contributed by atoms with E-state index in [1.54, 1.807) is 62.8 Å². The monoisotopic (exact) mass is 488 g/mol. The van der Waals surface area contributed by atoms with Crippen molar-refractivity contribution < 1.29 is 32.9 Å². The lowest BCUT2D eigenvalue weighted by molar-refractivity contribution is -0.128. The molecule has 4 rings (SSSR count). The summed E-state index contributed by atoms with van der Waals surface area (Å²) >= 11 is 0. The summed E-state index contributed by atoms with van der Waals surface area (Å²) in [6.45, 7) is 0. The first kappa shape index (κ1) is 24.4. The highest BCUT2D eigenvalue weighted by atomic mass is 16.5. The zero-order chi connectivity index (χ0) is 25.7. The molecular formula is C28H24O8. The van der Waals surface area contributed by atoms with Crippen molar-refractivity contribution in [2.24, 2.45) is 0 Å². The molecule has 0 N–H and O–H groups in total. The normalized spacial score (nSPS) is 10.9. The lowest BCUT2D eigenvalue weighted by Gasteiger charge is -2.10. The van der Waals surface area contributed by atoms with Crippen molar-refractivity contribution in [3.8, 4) is 40.1 Å². The summed E-state index contributed by atoms with van der Waals surface area (Å²) in [5.41, 5.74) is 1.41. The Morgan fingerprint density at radius 2 is 1.42 bits per heavy atom. The van der Waals surface area contributed by atoms with Crippen LogP contribution in [0.5, 0.6) is 28.7 Å². The fourth-order valence-corrected chi connectivity index (χ4v) is 3.60. The molecule has 0 saturated carbocycles. The first-order valence-corrected chi connectivity index (χ1v) is 10.9. The van der Waals surface area contributed by atoms with Crippen LogP contribution in [0, 0.1) is 0 Å². The lowest BCUT2D eigenvalue weighted by atomic mass is 10.1. The summed E-state index contributed by atoms with van der Waals surface area (Å²) in [6.07, 6.45) is 2.89. The topological polar surface area (TPSA) is 93.4 Å². The summed E-state index contributed by atoms with van der Waals surface area (Å²) < 4.78 is 32.5. The van der Waals surface area contributed by atoms with E-state index in [0.29, 0.717) is 39.7 Å². The zero-order valence-electron chi connectivity index (χ0n) is 20.2. The summed E-state index contributed by atoms with van der Waals surface area (Å²) in [6, 6.07) is 16.5. The van der Waals surface area contributed by atoms with Crippen molar-refractivity contribution in [1.82, 2.24) is 0 Å². The average molecular weight is 488 g/mol. The Labute approximate surface area is 207 Å². The van der Waals surface area contributed by atoms with Crippen LogP contribution in [0.15, 0.2) is 76.0 Å². The summed E-state index contributed by atoms with van der Waals surface area (Å²) in [4.78, 5) is 25.1. The minimum Gasteiger partial charge on any atom is -0.493 e. The van der Waals surface area contributed by atoms with Crippen LogP contribution in [0.2, 0.25) is 0 Å². The van der Waals surface area contributed by atoms with Gasteiger partial charge in [0.1, 0.15) is 17.1 Å². The minimum absolute atomic E-state index is 0.229. The second-order valence-electron chi connectivity index (χ2n) is 7.57. The molecular weight excluding hydrogens is 464 g/mol. The molecule has 184 valence electrons. The molecule has 0 bridgehead atoms. The first-order valence-electron chi connectivity index (χ1n) is 10.9. The standard InChI is InChI=1S/C28H24O8/c1-31-22-10-5-17(13-26(22)33-3)6-12-28(30)35-19-8-9-20-21(29)16-24(36-25(20)15-19)18-7-11-23(32-2)27(14-18)34-4/h5-16H,1-4H3. The van der Waals surface area contributed by atoms with Crippen molar-refractivity contribution >= 4 is 23.0 Å². The van der Waals surface area contributed by atoms with Crippen molar-refractivity contribution in [2.45, 2.75) is 0 Å². The molecule has 8 heteroatoms. The lowest BCUT2D eigenvalue weighted by Crippen LogP contribution is -2.05. The molecule has 0 atom stereocenters. The number of carbonyl (C=O) groups is 1. The number of methoxy groups -OCH3 is 4. The van der Waals surface area contributed by atoms with Gasteiger partial charge in [-0.05, 0) is 54.1 Å². The molecule has 4 aromatic rings. The molecule has 0 radical (unpaired) electrons. The Balaban J connectivity index is 1.58. The molecule has 0 aliphatic rings. The van der Waals surface area contributed by atoms with E-state index in [4.69, 9.17) is 28.1 Å². The van der Waals surface area contributed by atoms with Gasteiger partial charge in [-0.25, -0.2) is 4.79 Å². The van der Waals surface area contributed by atoms with Crippen LogP contribution in [-0.4, -0.2) is 34.4 Å². The number of rotatable bonds is 8. The van der Waals surface area contributed by atoms with E-state index in [2.05, 4.69) is 0 Å². The number of carbonyl (C=O) groups excluding carboxylic acids is 1. The first-order chi connectivity index (χ1) is 17.4. The molecule has 0 spiro atoms. The third kappa shape index (κ3) is 5.17. The van der Waals surface area contributed by atoms with E-state index in [1.165, 1.54) is 38.5 Å². The highest BCUT2D eigenvalue weighted by Crippen LogP contribution is 2.33. The van der Waals surface area contributed by atoms with Gasteiger partial charge >= 0.3 is 5.97 Å². The molecule has 8 nitrogen and oxygen atoms in total. The van der Waals surface area contributed by atoms with Gasteiger partial charge in [0.25, 0.3) is 0 Å². The molecule has 1 heterocycles.